The van der Waals surface area contributed by atoms with Gasteiger partial charge in [0.05, 0.1) is 0 Å². The SMILES string of the molecule is CN(C)CCN1C(=O)c2cccc3c(-c4ccccc4)ccc(c23)C1=O.Cl. The van der Waals surface area contributed by atoms with Gasteiger partial charge >= 0.3 is 0 Å². The Morgan fingerprint density at radius 2 is 1.41 bits per heavy atom. The van der Waals surface area contributed by atoms with E-state index in [1.54, 1.807) is 0 Å². The smallest absolute Gasteiger partial charge is 0.261 e. The van der Waals surface area contributed by atoms with Gasteiger partial charge in [0.25, 0.3) is 11.8 Å². The van der Waals surface area contributed by atoms with Gasteiger partial charge in [-0.25, -0.2) is 0 Å². The van der Waals surface area contributed by atoms with Crippen molar-refractivity contribution in [3.8, 4) is 11.1 Å². The van der Waals surface area contributed by atoms with E-state index in [1.165, 1.54) is 4.90 Å². The average Bonchev–Trinajstić information content (AvgIpc) is 2.66. The molecule has 0 radical (unpaired) electrons. The lowest BCUT2D eigenvalue weighted by molar-refractivity contribution is 0.0601. The molecule has 0 saturated heterocycles. The number of rotatable bonds is 4. The van der Waals surface area contributed by atoms with Gasteiger partial charge in [-0.05, 0) is 42.7 Å². The molecule has 138 valence electrons. The third kappa shape index (κ3) is 3.22. The lowest BCUT2D eigenvalue weighted by atomic mass is 9.89. The Morgan fingerprint density at radius 3 is 2.07 bits per heavy atom. The molecule has 4 nitrogen and oxygen atoms in total. The summed E-state index contributed by atoms with van der Waals surface area (Å²) in [7, 11) is 3.86. The zero-order valence-corrected chi connectivity index (χ0v) is 16.1. The molecule has 27 heavy (non-hydrogen) atoms. The molecule has 3 aromatic carbocycles. The maximum absolute atomic E-state index is 13.0. The Hall–Kier alpha value is -2.69. The van der Waals surface area contributed by atoms with E-state index < -0.39 is 0 Å². The van der Waals surface area contributed by atoms with E-state index >= 15 is 0 Å². The molecule has 0 spiro atoms. The molecule has 0 fully saturated rings. The molecule has 1 heterocycles. The summed E-state index contributed by atoms with van der Waals surface area (Å²) in [5.41, 5.74) is 3.32. The third-order valence-corrected chi connectivity index (χ3v) is 4.85. The largest absolute Gasteiger partial charge is 0.308 e. The van der Waals surface area contributed by atoms with E-state index in [0.717, 1.165) is 21.9 Å². The first-order chi connectivity index (χ1) is 12.6. The molecule has 0 bridgehead atoms. The Labute approximate surface area is 164 Å². The maximum Gasteiger partial charge on any atom is 0.261 e. The van der Waals surface area contributed by atoms with Gasteiger partial charge in [0.1, 0.15) is 0 Å². The van der Waals surface area contributed by atoms with Crippen molar-refractivity contribution >= 4 is 35.0 Å². The van der Waals surface area contributed by atoms with Gasteiger partial charge in [-0.15, -0.1) is 12.4 Å². The molecule has 0 saturated carbocycles. The van der Waals surface area contributed by atoms with Crippen molar-refractivity contribution in [1.29, 1.82) is 0 Å². The summed E-state index contributed by atoms with van der Waals surface area (Å²) in [6.45, 7) is 1.03. The number of imide groups is 1. The standard InChI is InChI=1S/C22H20N2O2.ClH/c1-23(2)13-14-24-21(25)18-10-6-9-17-16(15-7-4-3-5-8-15)11-12-19(20(17)18)22(24)26;/h3-12H,13-14H2,1-2H3;1H. The van der Waals surface area contributed by atoms with Gasteiger partial charge in [0, 0.05) is 29.6 Å². The number of amides is 2. The van der Waals surface area contributed by atoms with Gasteiger partial charge in [-0.3, -0.25) is 14.5 Å². The molecule has 3 aromatic rings. The molecule has 1 aliphatic rings. The average molecular weight is 381 g/mol. The van der Waals surface area contributed by atoms with E-state index in [-0.39, 0.29) is 24.2 Å². The Bertz CT molecular complexity index is 993. The number of hydrogen-bond donors (Lipinski definition) is 0. The van der Waals surface area contributed by atoms with Crippen molar-refractivity contribution in [1.82, 2.24) is 9.80 Å². The van der Waals surface area contributed by atoms with Crippen molar-refractivity contribution in [2.24, 2.45) is 0 Å². The van der Waals surface area contributed by atoms with Crippen molar-refractivity contribution in [3.05, 3.63) is 71.8 Å². The number of nitrogens with zero attached hydrogens (tertiary/aromatic N) is 2. The van der Waals surface area contributed by atoms with E-state index in [2.05, 4.69) is 0 Å². The van der Waals surface area contributed by atoms with E-state index in [1.807, 2.05) is 79.7 Å². The summed E-state index contributed by atoms with van der Waals surface area (Å²) < 4.78 is 0. The molecule has 2 amide bonds. The lowest BCUT2D eigenvalue weighted by Gasteiger charge is -2.28. The van der Waals surface area contributed by atoms with Crippen molar-refractivity contribution < 1.29 is 9.59 Å². The fourth-order valence-electron chi connectivity index (χ4n) is 3.52. The van der Waals surface area contributed by atoms with Gasteiger partial charge < -0.3 is 4.90 Å². The molecular formula is C22H21ClN2O2. The van der Waals surface area contributed by atoms with Crippen LogP contribution >= 0.6 is 12.4 Å². The summed E-state index contributed by atoms with van der Waals surface area (Å²) in [4.78, 5) is 29.2. The number of hydrogen-bond acceptors (Lipinski definition) is 3. The van der Waals surface area contributed by atoms with Crippen LogP contribution in [-0.2, 0) is 0 Å². The molecule has 5 heteroatoms. The molecular weight excluding hydrogens is 360 g/mol. The summed E-state index contributed by atoms with van der Waals surface area (Å²) >= 11 is 0. The summed E-state index contributed by atoms with van der Waals surface area (Å²) in [5.74, 6) is -0.416. The van der Waals surface area contributed by atoms with Crippen LogP contribution in [0.4, 0.5) is 0 Å². The van der Waals surface area contributed by atoms with Crippen LogP contribution in [0.2, 0.25) is 0 Å². The third-order valence-electron chi connectivity index (χ3n) is 4.85. The van der Waals surface area contributed by atoms with Crippen LogP contribution in [0.3, 0.4) is 0 Å². The summed E-state index contributed by atoms with van der Waals surface area (Å²) in [5, 5.41) is 1.71. The van der Waals surface area contributed by atoms with Crippen LogP contribution in [0.1, 0.15) is 20.7 Å². The fourth-order valence-corrected chi connectivity index (χ4v) is 3.52. The first kappa shape index (κ1) is 19.1. The van der Waals surface area contributed by atoms with E-state index in [9.17, 15) is 9.59 Å². The monoisotopic (exact) mass is 380 g/mol. The second-order valence-electron chi connectivity index (χ2n) is 6.82. The van der Waals surface area contributed by atoms with Crippen LogP contribution in [0.15, 0.2) is 60.7 Å². The van der Waals surface area contributed by atoms with Crippen LogP contribution in [-0.4, -0.2) is 48.8 Å². The highest BCUT2D eigenvalue weighted by atomic mass is 35.5. The minimum Gasteiger partial charge on any atom is -0.308 e. The number of carbonyl (C=O) groups is 2. The minimum absolute atomic E-state index is 0. The second kappa shape index (κ2) is 7.51. The first-order valence-electron chi connectivity index (χ1n) is 8.70. The van der Waals surface area contributed by atoms with Gasteiger partial charge in [0.15, 0.2) is 0 Å². The van der Waals surface area contributed by atoms with E-state index in [0.29, 0.717) is 24.2 Å². The van der Waals surface area contributed by atoms with Gasteiger partial charge in [0.2, 0.25) is 0 Å². The molecule has 0 unspecified atom stereocenters. The predicted octanol–water partition coefficient (Wildman–Crippen LogP) is 4.09. The molecule has 4 rings (SSSR count). The van der Waals surface area contributed by atoms with Gasteiger partial charge in [-0.2, -0.15) is 0 Å². The first-order valence-corrected chi connectivity index (χ1v) is 8.70. The quantitative estimate of drug-likeness (QED) is 0.640. The normalized spacial score (nSPS) is 13.2. The van der Waals surface area contributed by atoms with Crippen molar-refractivity contribution in [3.63, 3.8) is 0 Å². The number of halogens is 1. The zero-order chi connectivity index (χ0) is 18.3. The van der Waals surface area contributed by atoms with Crippen LogP contribution in [0.25, 0.3) is 21.9 Å². The predicted molar refractivity (Wildman–Crippen MR) is 111 cm³/mol. The lowest BCUT2D eigenvalue weighted by Crippen LogP contribution is -2.43. The van der Waals surface area contributed by atoms with Crippen molar-refractivity contribution in [2.75, 3.05) is 27.2 Å². The molecule has 0 aliphatic carbocycles. The Balaban J connectivity index is 0.00000210. The maximum atomic E-state index is 13.0. The van der Waals surface area contributed by atoms with Crippen molar-refractivity contribution in [2.45, 2.75) is 0 Å². The molecule has 0 aromatic heterocycles. The molecule has 0 N–H and O–H groups in total. The highest BCUT2D eigenvalue weighted by Gasteiger charge is 2.33. The fraction of sp³-hybridized carbons (Fsp3) is 0.182. The number of carbonyl (C=O) groups excluding carboxylic acids is 2. The zero-order valence-electron chi connectivity index (χ0n) is 15.3. The van der Waals surface area contributed by atoms with Gasteiger partial charge in [-0.1, -0.05) is 48.5 Å². The summed E-state index contributed by atoms with van der Waals surface area (Å²) in [6, 6.07) is 19.6. The van der Waals surface area contributed by atoms with Crippen LogP contribution < -0.4 is 0 Å². The molecule has 1 aliphatic heterocycles. The van der Waals surface area contributed by atoms with E-state index in [4.69, 9.17) is 0 Å². The Kier molecular flexibility index (Phi) is 5.31. The summed E-state index contributed by atoms with van der Waals surface area (Å²) in [6.07, 6.45) is 0. The second-order valence-corrected chi connectivity index (χ2v) is 6.82. The topological polar surface area (TPSA) is 40.6 Å². The highest BCUT2D eigenvalue weighted by Crippen LogP contribution is 2.36. The Morgan fingerprint density at radius 1 is 0.778 bits per heavy atom. The highest BCUT2D eigenvalue weighted by molar-refractivity contribution is 6.26. The minimum atomic E-state index is -0.208. The number of likely N-dealkylation sites (N-methyl/N-ethyl adjacent to an activating group) is 1. The number of benzene rings is 3. The van der Waals surface area contributed by atoms with Crippen LogP contribution in [0.5, 0.6) is 0 Å². The molecule has 0 atom stereocenters. The van der Waals surface area contributed by atoms with Crippen LogP contribution in [0, 0.1) is 0 Å².